The Labute approximate surface area is 260 Å². The average molecular weight is 620 g/mol. The fourth-order valence-electron chi connectivity index (χ4n) is 5.64. The van der Waals surface area contributed by atoms with E-state index in [-0.39, 0.29) is 0 Å². The van der Waals surface area contributed by atoms with E-state index in [0.717, 1.165) is 44.9 Å². The summed E-state index contributed by atoms with van der Waals surface area (Å²) in [5, 5.41) is 23.4. The first kappa shape index (κ1) is 41.3. The quantitative estimate of drug-likeness (QED) is 0.0441. The molecule has 0 saturated carbocycles. The number of aliphatic hydroxyl groups excluding tert-OH is 2. The van der Waals surface area contributed by atoms with Crippen molar-refractivity contribution in [2.24, 2.45) is 0 Å². The fourth-order valence-corrected chi connectivity index (χ4v) is 6.40. The van der Waals surface area contributed by atoms with Crippen molar-refractivity contribution in [1.82, 2.24) is 5.32 Å². The highest BCUT2D eigenvalue weighted by Gasteiger charge is 2.28. The van der Waals surface area contributed by atoms with Gasteiger partial charge in [0.2, 0.25) is 5.91 Å². The first-order valence-corrected chi connectivity index (χ1v) is 19.4. The van der Waals surface area contributed by atoms with Crippen molar-refractivity contribution in [3.05, 3.63) is 0 Å². The lowest BCUT2D eigenvalue weighted by Gasteiger charge is -2.24. The van der Waals surface area contributed by atoms with E-state index in [2.05, 4.69) is 19.2 Å². The Morgan fingerprint density at radius 1 is 0.548 bits per heavy atom. The molecule has 0 aliphatic carbocycles. The molecule has 3 atom stereocenters. The van der Waals surface area contributed by atoms with Crippen LogP contribution in [0.1, 0.15) is 187 Å². The Balaban J connectivity index is 4.06. The van der Waals surface area contributed by atoms with Gasteiger partial charge in [0.25, 0.3) is 10.1 Å². The number of hydrogen-bond donors (Lipinski definition) is 4. The maximum absolute atomic E-state index is 12.5. The van der Waals surface area contributed by atoms with Gasteiger partial charge < -0.3 is 15.5 Å². The van der Waals surface area contributed by atoms with E-state index in [1.165, 1.54) is 116 Å². The van der Waals surface area contributed by atoms with Crippen LogP contribution in [0.25, 0.3) is 0 Å². The minimum atomic E-state index is -4.39. The van der Waals surface area contributed by atoms with Gasteiger partial charge in [-0.1, -0.05) is 174 Å². The Morgan fingerprint density at radius 3 is 1.19 bits per heavy atom. The highest BCUT2D eigenvalue weighted by molar-refractivity contribution is 7.85. The summed E-state index contributed by atoms with van der Waals surface area (Å²) in [5.41, 5.74) is 0. The van der Waals surface area contributed by atoms with E-state index in [1.807, 2.05) is 0 Å². The number of aliphatic hydroxyl groups is 2. The van der Waals surface area contributed by atoms with E-state index in [1.54, 1.807) is 0 Å². The Bertz CT molecular complexity index is 702. The van der Waals surface area contributed by atoms with Crippen LogP contribution in [-0.2, 0) is 14.9 Å². The predicted octanol–water partition coefficient (Wildman–Crippen LogP) is 8.65. The molecule has 252 valence electrons. The second-order valence-corrected chi connectivity index (χ2v) is 14.2. The lowest BCUT2D eigenvalue weighted by molar-refractivity contribution is -0.131. The van der Waals surface area contributed by atoms with Crippen LogP contribution in [0.4, 0.5) is 0 Å². The largest absolute Gasteiger partial charge is 0.391 e. The lowest BCUT2D eigenvalue weighted by atomic mass is 10.0. The molecular formula is C34H69NO6S. The van der Waals surface area contributed by atoms with Gasteiger partial charge in [-0.15, -0.1) is 0 Å². The van der Waals surface area contributed by atoms with Gasteiger partial charge in [-0.25, -0.2) is 0 Å². The van der Waals surface area contributed by atoms with Gasteiger partial charge in [0.05, 0.1) is 17.9 Å². The molecule has 0 spiro atoms. The summed E-state index contributed by atoms with van der Waals surface area (Å²) < 4.78 is 32.4. The first-order chi connectivity index (χ1) is 20.2. The highest BCUT2D eigenvalue weighted by atomic mass is 32.2. The number of nitrogens with one attached hydrogen (secondary N) is 1. The minimum absolute atomic E-state index is 0.303. The van der Waals surface area contributed by atoms with Gasteiger partial charge >= 0.3 is 0 Å². The molecule has 0 heterocycles. The summed E-state index contributed by atoms with van der Waals surface area (Å²) in [5.74, 6) is -1.44. The molecule has 0 aliphatic rings. The normalized spacial score (nSPS) is 14.1. The maximum atomic E-state index is 12.5. The SMILES string of the molecule is CCCCCCCCCCCCCCCC(O)C(=O)NC(CS(=O)(=O)O)C(O)CCCCCCCCCCCCCC. The third-order valence-electron chi connectivity index (χ3n) is 8.42. The molecule has 0 saturated heterocycles. The first-order valence-electron chi connectivity index (χ1n) is 17.8. The standard InChI is InChI=1S/C34H69NO6S/c1-3-5-7-9-11-13-15-17-19-21-23-25-27-29-33(37)34(38)35-31(30-42(39,40)41)32(36)28-26-24-22-20-18-16-14-12-10-8-6-4-2/h31-33,36-37H,3-30H2,1-2H3,(H,35,38)(H,39,40,41). The van der Waals surface area contributed by atoms with Crippen molar-refractivity contribution >= 4 is 16.0 Å². The van der Waals surface area contributed by atoms with Gasteiger partial charge in [0.1, 0.15) is 6.10 Å². The third kappa shape index (κ3) is 28.1. The number of hydrogen-bond acceptors (Lipinski definition) is 5. The smallest absolute Gasteiger partial charge is 0.266 e. The molecule has 0 radical (unpaired) electrons. The molecule has 42 heavy (non-hydrogen) atoms. The second kappa shape index (κ2) is 29.0. The average Bonchev–Trinajstić information content (AvgIpc) is 2.94. The predicted molar refractivity (Wildman–Crippen MR) is 176 cm³/mol. The van der Waals surface area contributed by atoms with E-state index < -0.39 is 40.0 Å². The van der Waals surface area contributed by atoms with E-state index in [0.29, 0.717) is 12.8 Å². The molecule has 0 aromatic rings. The van der Waals surface area contributed by atoms with Crippen molar-refractivity contribution in [2.75, 3.05) is 5.75 Å². The Hall–Kier alpha value is -0.700. The van der Waals surface area contributed by atoms with Gasteiger partial charge in [-0.2, -0.15) is 8.42 Å². The molecule has 3 unspecified atom stereocenters. The van der Waals surface area contributed by atoms with Crippen molar-refractivity contribution < 1.29 is 28.0 Å². The second-order valence-electron chi connectivity index (χ2n) is 12.7. The van der Waals surface area contributed by atoms with Gasteiger partial charge in [0.15, 0.2) is 0 Å². The highest BCUT2D eigenvalue weighted by Crippen LogP contribution is 2.16. The van der Waals surface area contributed by atoms with Crippen LogP contribution in [0.5, 0.6) is 0 Å². The van der Waals surface area contributed by atoms with E-state index in [4.69, 9.17) is 0 Å². The van der Waals surface area contributed by atoms with E-state index in [9.17, 15) is 28.0 Å². The van der Waals surface area contributed by atoms with Crippen LogP contribution in [0.15, 0.2) is 0 Å². The molecule has 0 rings (SSSR count). The lowest BCUT2D eigenvalue weighted by Crippen LogP contribution is -2.50. The summed E-state index contributed by atoms with van der Waals surface area (Å²) in [6.45, 7) is 4.47. The van der Waals surface area contributed by atoms with Crippen LogP contribution >= 0.6 is 0 Å². The van der Waals surface area contributed by atoms with Crippen molar-refractivity contribution in [2.45, 2.75) is 205 Å². The number of unbranched alkanes of at least 4 members (excludes halogenated alkanes) is 23. The molecule has 0 bridgehead atoms. The van der Waals surface area contributed by atoms with Crippen molar-refractivity contribution in [1.29, 1.82) is 0 Å². The Morgan fingerprint density at radius 2 is 0.857 bits per heavy atom. The number of amides is 1. The Kier molecular flexibility index (Phi) is 28.6. The number of rotatable bonds is 32. The number of carbonyl (C=O) groups is 1. The van der Waals surface area contributed by atoms with Gasteiger partial charge in [0, 0.05) is 0 Å². The maximum Gasteiger partial charge on any atom is 0.266 e. The van der Waals surface area contributed by atoms with Crippen LogP contribution in [0, 0.1) is 0 Å². The summed E-state index contributed by atoms with van der Waals surface area (Å²) in [6, 6.07) is -1.14. The van der Waals surface area contributed by atoms with E-state index >= 15 is 0 Å². The topological polar surface area (TPSA) is 124 Å². The number of carbonyl (C=O) groups excluding carboxylic acids is 1. The van der Waals surface area contributed by atoms with Crippen molar-refractivity contribution in [3.63, 3.8) is 0 Å². The van der Waals surface area contributed by atoms with Crippen LogP contribution in [0.3, 0.4) is 0 Å². The zero-order valence-electron chi connectivity index (χ0n) is 27.5. The molecule has 1 amide bonds. The molecule has 0 fully saturated rings. The summed E-state index contributed by atoms with van der Waals surface area (Å²) >= 11 is 0. The van der Waals surface area contributed by atoms with Gasteiger partial charge in [-0.05, 0) is 12.8 Å². The molecule has 8 heteroatoms. The van der Waals surface area contributed by atoms with Crippen LogP contribution in [-0.4, -0.2) is 53.1 Å². The minimum Gasteiger partial charge on any atom is -0.391 e. The zero-order chi connectivity index (χ0) is 31.3. The summed E-state index contributed by atoms with van der Waals surface area (Å²) in [7, 11) is -4.39. The molecular weight excluding hydrogens is 550 g/mol. The third-order valence-corrected chi connectivity index (χ3v) is 9.20. The zero-order valence-corrected chi connectivity index (χ0v) is 28.3. The molecule has 4 N–H and O–H groups in total. The molecule has 7 nitrogen and oxygen atoms in total. The molecule has 0 aliphatic heterocycles. The van der Waals surface area contributed by atoms with Crippen molar-refractivity contribution in [3.8, 4) is 0 Å². The summed E-state index contributed by atoms with van der Waals surface area (Å²) in [6.07, 6.45) is 28.3. The summed E-state index contributed by atoms with van der Waals surface area (Å²) in [4.78, 5) is 12.5. The van der Waals surface area contributed by atoms with Crippen LogP contribution in [0.2, 0.25) is 0 Å². The van der Waals surface area contributed by atoms with Crippen LogP contribution < -0.4 is 5.32 Å². The molecule has 0 aromatic carbocycles. The fraction of sp³-hybridized carbons (Fsp3) is 0.971. The van der Waals surface area contributed by atoms with Gasteiger partial charge in [-0.3, -0.25) is 9.35 Å². The monoisotopic (exact) mass is 619 g/mol. The molecule has 0 aromatic heterocycles.